The zero-order chi connectivity index (χ0) is 20.2. The second-order valence-corrected chi connectivity index (χ2v) is 11.1. The van der Waals surface area contributed by atoms with E-state index in [2.05, 4.69) is 133 Å². The Morgan fingerprint density at radius 2 is 0.733 bits per heavy atom. The average molecular weight is 403 g/mol. The molecule has 0 aromatic heterocycles. The number of hydrogen-bond donors (Lipinski definition) is 0. The molecule has 0 radical (unpaired) electrons. The monoisotopic (exact) mass is 403 g/mol. The van der Waals surface area contributed by atoms with Crippen LogP contribution >= 0.6 is 7.26 Å². The average Bonchev–Trinajstić information content (AvgIpc) is 3.07. The second-order valence-electron chi connectivity index (χ2n) is 7.66. The summed E-state index contributed by atoms with van der Waals surface area (Å²) in [5, 5.41) is 4.29. The number of fused-ring (bicyclic) bond motifs is 1. The maximum absolute atomic E-state index is 2.37. The second kappa shape index (κ2) is 8.27. The van der Waals surface area contributed by atoms with Crippen molar-refractivity contribution >= 4 is 23.2 Å². The molecule has 0 aliphatic heterocycles. The Labute approximate surface area is 179 Å². The van der Waals surface area contributed by atoms with Gasteiger partial charge in [-0.2, -0.15) is 0 Å². The molecule has 0 saturated carbocycles. The predicted molar refractivity (Wildman–Crippen MR) is 132 cm³/mol. The maximum atomic E-state index is 2.37. The molecule has 5 rings (SSSR count). The van der Waals surface area contributed by atoms with E-state index in [-0.39, 0.29) is 0 Å². The summed E-state index contributed by atoms with van der Waals surface area (Å²) in [5.74, 6) is 0. The van der Waals surface area contributed by atoms with Crippen molar-refractivity contribution in [2.24, 2.45) is 0 Å². The van der Waals surface area contributed by atoms with Crippen LogP contribution in [0.3, 0.4) is 0 Å². The fourth-order valence-corrected chi connectivity index (χ4v) is 8.63. The maximum Gasteiger partial charge on any atom is 0.116 e. The minimum absolute atomic E-state index is 1.02. The molecule has 0 atom stereocenters. The Bertz CT molecular complexity index is 1070. The minimum atomic E-state index is -1.85. The first-order chi connectivity index (χ1) is 14.9. The van der Waals surface area contributed by atoms with E-state index >= 15 is 0 Å². The minimum Gasteiger partial charge on any atom is -0.0622 e. The summed E-state index contributed by atoms with van der Waals surface area (Å²) in [6, 6.07) is 48.8. The standard InChI is InChI=1S/C29H24P/c1-5-13-25-21-24(22-26(25)14-6-1)23-30(27-15-7-2-8-16-27,28-17-9-3-10-18-28)29-19-11-4-12-20-29/h1-22H,23H2/q+1. The number of rotatable bonds is 5. The molecule has 0 amide bonds. The summed E-state index contributed by atoms with van der Waals surface area (Å²) in [4.78, 5) is 0. The highest BCUT2D eigenvalue weighted by Gasteiger charge is 2.45. The number of hydrogen-bond acceptors (Lipinski definition) is 0. The van der Waals surface area contributed by atoms with Gasteiger partial charge in [-0.25, -0.2) is 0 Å². The molecule has 0 fully saturated rings. The fourth-order valence-electron chi connectivity index (χ4n) is 4.41. The first-order valence-electron chi connectivity index (χ1n) is 10.4. The van der Waals surface area contributed by atoms with Crippen LogP contribution in [0.1, 0.15) is 5.56 Å². The van der Waals surface area contributed by atoms with Gasteiger partial charge in [0.05, 0.1) is 6.16 Å². The smallest absolute Gasteiger partial charge is 0.0622 e. The third kappa shape index (κ3) is 3.45. The molecule has 0 spiro atoms. The largest absolute Gasteiger partial charge is 0.116 e. The van der Waals surface area contributed by atoms with Gasteiger partial charge in [0.15, 0.2) is 0 Å². The molecule has 0 heterocycles. The van der Waals surface area contributed by atoms with Crippen molar-refractivity contribution < 1.29 is 0 Å². The van der Waals surface area contributed by atoms with Gasteiger partial charge in [0.25, 0.3) is 0 Å². The van der Waals surface area contributed by atoms with E-state index in [1.165, 1.54) is 32.6 Å². The molecule has 0 saturated heterocycles. The molecular weight excluding hydrogens is 379 g/mol. The lowest BCUT2D eigenvalue weighted by Crippen LogP contribution is -2.32. The Morgan fingerprint density at radius 1 is 0.400 bits per heavy atom. The summed E-state index contributed by atoms with van der Waals surface area (Å²) in [6.45, 7) is 0. The van der Waals surface area contributed by atoms with Gasteiger partial charge in [-0.3, -0.25) is 0 Å². The van der Waals surface area contributed by atoms with E-state index in [0.29, 0.717) is 0 Å². The summed E-state index contributed by atoms with van der Waals surface area (Å²) >= 11 is 0. The Morgan fingerprint density at radius 3 is 1.10 bits per heavy atom. The summed E-state index contributed by atoms with van der Waals surface area (Å²) in [6.07, 6.45) is 1.02. The zero-order valence-corrected chi connectivity index (χ0v) is 17.8. The third-order valence-corrected chi connectivity index (χ3v) is 10.2. The molecule has 0 bridgehead atoms. The van der Waals surface area contributed by atoms with Crippen molar-refractivity contribution in [2.75, 3.05) is 0 Å². The molecule has 3 aromatic rings. The first kappa shape index (κ1) is 18.8. The van der Waals surface area contributed by atoms with Crippen LogP contribution in [-0.2, 0) is 6.16 Å². The van der Waals surface area contributed by atoms with E-state index in [1.54, 1.807) is 0 Å². The van der Waals surface area contributed by atoms with E-state index in [1.807, 2.05) is 0 Å². The van der Waals surface area contributed by atoms with Crippen LogP contribution in [0, 0.1) is 0 Å². The highest BCUT2D eigenvalue weighted by molar-refractivity contribution is 7.95. The highest BCUT2D eigenvalue weighted by Crippen LogP contribution is 2.58. The predicted octanol–water partition coefficient (Wildman–Crippen LogP) is 6.29. The van der Waals surface area contributed by atoms with Crippen molar-refractivity contribution in [1.82, 2.24) is 0 Å². The van der Waals surface area contributed by atoms with E-state index < -0.39 is 7.26 Å². The normalized spacial score (nSPS) is 11.5. The van der Waals surface area contributed by atoms with Gasteiger partial charge < -0.3 is 0 Å². The molecule has 0 N–H and O–H groups in total. The van der Waals surface area contributed by atoms with Gasteiger partial charge >= 0.3 is 0 Å². The van der Waals surface area contributed by atoms with Crippen LogP contribution in [-0.4, -0.2) is 0 Å². The van der Waals surface area contributed by atoms with Gasteiger partial charge in [-0.05, 0) is 65.2 Å². The molecule has 0 nitrogen and oxygen atoms in total. The van der Waals surface area contributed by atoms with Gasteiger partial charge in [0.2, 0.25) is 0 Å². The van der Waals surface area contributed by atoms with Crippen molar-refractivity contribution in [2.45, 2.75) is 6.16 Å². The first-order valence-corrected chi connectivity index (χ1v) is 12.4. The third-order valence-electron chi connectivity index (χ3n) is 5.80. The van der Waals surface area contributed by atoms with Gasteiger partial charge in [0, 0.05) is 0 Å². The van der Waals surface area contributed by atoms with Crippen molar-refractivity contribution in [3.63, 3.8) is 0 Å². The Kier molecular flexibility index (Phi) is 5.18. The molecule has 3 aromatic carbocycles. The molecule has 1 heteroatoms. The Hall–Kier alpha value is -3.21. The van der Waals surface area contributed by atoms with Crippen LogP contribution in [0.25, 0.3) is 11.1 Å². The van der Waals surface area contributed by atoms with E-state index in [0.717, 1.165) is 6.16 Å². The topological polar surface area (TPSA) is 0 Å². The molecule has 144 valence electrons. The molecular formula is C29H24P+. The van der Waals surface area contributed by atoms with Crippen molar-refractivity contribution in [3.05, 3.63) is 139 Å². The van der Waals surface area contributed by atoms with Gasteiger partial charge in [-0.1, -0.05) is 84.9 Å². The van der Waals surface area contributed by atoms with Crippen LogP contribution in [0.15, 0.2) is 133 Å². The van der Waals surface area contributed by atoms with E-state index in [4.69, 9.17) is 0 Å². The summed E-state index contributed by atoms with van der Waals surface area (Å²) < 4.78 is 0. The van der Waals surface area contributed by atoms with Crippen molar-refractivity contribution in [3.8, 4) is 11.1 Å². The van der Waals surface area contributed by atoms with Gasteiger partial charge in [0.1, 0.15) is 23.2 Å². The zero-order valence-electron chi connectivity index (χ0n) is 16.9. The lowest BCUT2D eigenvalue weighted by molar-refractivity contribution is 1.44. The van der Waals surface area contributed by atoms with Crippen molar-refractivity contribution in [1.29, 1.82) is 0 Å². The molecule has 0 unspecified atom stereocenters. The van der Waals surface area contributed by atoms with Crippen LogP contribution in [0.4, 0.5) is 0 Å². The van der Waals surface area contributed by atoms with Crippen LogP contribution < -0.4 is 15.9 Å². The lowest BCUT2D eigenvalue weighted by atomic mass is 10.2. The fraction of sp³-hybridized carbons (Fsp3) is 0.0345. The Balaban J connectivity index is 1.76. The summed E-state index contributed by atoms with van der Waals surface area (Å²) in [5.41, 5.74) is 4.02. The number of benzene rings is 3. The van der Waals surface area contributed by atoms with Crippen LogP contribution in [0.2, 0.25) is 0 Å². The molecule has 30 heavy (non-hydrogen) atoms. The van der Waals surface area contributed by atoms with Crippen LogP contribution in [0.5, 0.6) is 0 Å². The highest BCUT2D eigenvalue weighted by atomic mass is 31.2. The quantitative estimate of drug-likeness (QED) is 0.303. The van der Waals surface area contributed by atoms with Gasteiger partial charge in [-0.15, -0.1) is 0 Å². The summed E-state index contributed by atoms with van der Waals surface area (Å²) in [7, 11) is -1.85. The molecule has 2 aliphatic rings. The molecule has 2 aliphatic carbocycles. The lowest BCUT2D eigenvalue weighted by Gasteiger charge is -2.27. The SMILES string of the molecule is c1ccc2cc(C[P+](c3ccccc3)(c3ccccc3)c3ccccc3)cc-2cc1. The van der Waals surface area contributed by atoms with E-state index in [9.17, 15) is 0 Å².